The molecule has 3 heterocycles. The highest BCUT2D eigenvalue weighted by atomic mass is 32.1. The molecule has 1 aliphatic rings. The number of rotatable bonds is 9. The number of fused-ring (bicyclic) bond motifs is 1. The minimum atomic E-state index is -0.375. The van der Waals surface area contributed by atoms with Gasteiger partial charge in [-0.3, -0.25) is 15.2 Å². The number of urea groups is 1. The number of aromatic nitrogens is 2. The van der Waals surface area contributed by atoms with Crippen LogP contribution in [-0.4, -0.2) is 60.4 Å². The maximum atomic E-state index is 12.1. The van der Waals surface area contributed by atoms with Gasteiger partial charge in [0, 0.05) is 48.5 Å². The molecule has 1 saturated heterocycles. The molecular formula is C27H26N6O4S. The van der Waals surface area contributed by atoms with Crippen molar-refractivity contribution in [2.24, 2.45) is 0 Å². The Hall–Kier alpha value is -4.24. The molecule has 0 bridgehead atoms. The van der Waals surface area contributed by atoms with Gasteiger partial charge in [-0.2, -0.15) is 0 Å². The van der Waals surface area contributed by atoms with E-state index < -0.39 is 0 Å². The fourth-order valence-corrected chi connectivity index (χ4v) is 4.53. The highest BCUT2D eigenvalue weighted by molar-refractivity contribution is 7.13. The molecule has 0 atom stereocenters. The molecule has 2 aromatic heterocycles. The number of nitrogens with zero attached hydrogens (tertiary/aromatic N) is 4. The van der Waals surface area contributed by atoms with Gasteiger partial charge in [0.15, 0.2) is 5.13 Å². The van der Waals surface area contributed by atoms with Gasteiger partial charge in [0.2, 0.25) is 5.69 Å². The van der Waals surface area contributed by atoms with E-state index in [-0.39, 0.29) is 6.03 Å². The van der Waals surface area contributed by atoms with Crippen LogP contribution in [0.3, 0.4) is 0 Å². The summed E-state index contributed by atoms with van der Waals surface area (Å²) >= 11 is 1.34. The van der Waals surface area contributed by atoms with Gasteiger partial charge in [-0.1, -0.05) is 0 Å². The van der Waals surface area contributed by atoms with Crippen LogP contribution in [0.2, 0.25) is 0 Å². The first kappa shape index (κ1) is 25.4. The molecule has 0 radical (unpaired) electrons. The number of thiazole rings is 1. The minimum Gasteiger partial charge on any atom is -0.504 e. The van der Waals surface area contributed by atoms with Gasteiger partial charge in [-0.15, -0.1) is 11.3 Å². The van der Waals surface area contributed by atoms with Gasteiger partial charge in [0.25, 0.3) is 0 Å². The van der Waals surface area contributed by atoms with Crippen molar-refractivity contribution in [1.29, 1.82) is 0 Å². The lowest BCUT2D eigenvalue weighted by Gasteiger charge is -2.26. The van der Waals surface area contributed by atoms with Gasteiger partial charge in [-0.05, 0) is 48.9 Å². The Morgan fingerprint density at radius 3 is 2.68 bits per heavy atom. The van der Waals surface area contributed by atoms with Gasteiger partial charge in [-0.25, -0.2) is 14.6 Å². The standard InChI is InChI=1S/C27H26N6O4S/c1-28-23-17-21-22(18-25(23)36-13-2-10-33-11-14-35-15-12-33)29-8-7-24(21)37-20-5-3-19(4-6-20)31-26(34)32-27-30-9-16-38-27/h3-9,16-18H,2,10-15H2,(H2,30,31,32,34). The topological polar surface area (TPSA) is 102 Å². The predicted molar refractivity (Wildman–Crippen MR) is 147 cm³/mol. The Morgan fingerprint density at radius 2 is 1.92 bits per heavy atom. The largest absolute Gasteiger partial charge is 0.504 e. The zero-order valence-electron chi connectivity index (χ0n) is 20.6. The third-order valence-corrected chi connectivity index (χ3v) is 6.56. The number of hydrogen-bond donors (Lipinski definition) is 2. The molecule has 2 N–H and O–H groups in total. The molecule has 1 fully saturated rings. The van der Waals surface area contributed by atoms with E-state index >= 15 is 0 Å². The van der Waals surface area contributed by atoms with Crippen LogP contribution in [0, 0.1) is 6.57 Å². The highest BCUT2D eigenvalue weighted by Crippen LogP contribution is 2.37. The zero-order valence-corrected chi connectivity index (χ0v) is 21.4. The molecule has 0 spiro atoms. The Kier molecular flexibility index (Phi) is 8.25. The summed E-state index contributed by atoms with van der Waals surface area (Å²) in [6, 6.07) is 11.9. The van der Waals surface area contributed by atoms with Crippen molar-refractivity contribution in [1.82, 2.24) is 14.9 Å². The first-order valence-electron chi connectivity index (χ1n) is 12.2. The van der Waals surface area contributed by atoms with Crippen LogP contribution in [0.4, 0.5) is 21.3 Å². The maximum Gasteiger partial charge on any atom is 0.325 e. The molecule has 5 rings (SSSR count). The van der Waals surface area contributed by atoms with Crippen molar-refractivity contribution in [2.45, 2.75) is 6.42 Å². The number of nitrogens with one attached hydrogen (secondary N) is 2. The number of hydrogen-bond acceptors (Lipinski definition) is 8. The number of anilines is 2. The van der Waals surface area contributed by atoms with Crippen LogP contribution in [0.15, 0.2) is 60.2 Å². The smallest absolute Gasteiger partial charge is 0.325 e. The Morgan fingerprint density at radius 1 is 1.08 bits per heavy atom. The number of amides is 2. The monoisotopic (exact) mass is 530 g/mol. The van der Waals surface area contributed by atoms with Crippen LogP contribution >= 0.6 is 11.3 Å². The van der Waals surface area contributed by atoms with E-state index in [4.69, 9.17) is 20.8 Å². The molecule has 0 aliphatic carbocycles. The number of benzene rings is 2. The predicted octanol–water partition coefficient (Wildman–Crippen LogP) is 5.78. The molecule has 2 aromatic carbocycles. The first-order chi connectivity index (χ1) is 18.7. The van der Waals surface area contributed by atoms with Gasteiger partial charge >= 0.3 is 6.03 Å². The van der Waals surface area contributed by atoms with E-state index in [2.05, 4.69) is 30.3 Å². The lowest BCUT2D eigenvalue weighted by molar-refractivity contribution is 0.0358. The fourth-order valence-electron chi connectivity index (χ4n) is 4.00. The second kappa shape index (κ2) is 12.3. The molecule has 194 valence electrons. The first-order valence-corrected chi connectivity index (χ1v) is 13.0. The summed E-state index contributed by atoms with van der Waals surface area (Å²) in [5.41, 5.74) is 1.69. The highest BCUT2D eigenvalue weighted by Gasteiger charge is 2.13. The second-order valence-corrected chi connectivity index (χ2v) is 9.35. The molecule has 2 amide bonds. The normalized spacial score (nSPS) is 13.6. The Balaban J connectivity index is 1.22. The molecule has 0 saturated carbocycles. The van der Waals surface area contributed by atoms with Crippen molar-refractivity contribution in [3.8, 4) is 17.2 Å². The van der Waals surface area contributed by atoms with Crippen molar-refractivity contribution < 1.29 is 19.0 Å². The van der Waals surface area contributed by atoms with Crippen LogP contribution in [0.5, 0.6) is 17.2 Å². The van der Waals surface area contributed by atoms with Crippen LogP contribution in [0.25, 0.3) is 15.7 Å². The third kappa shape index (κ3) is 6.54. The molecule has 1 aliphatic heterocycles. The van der Waals surface area contributed by atoms with Crippen LogP contribution < -0.4 is 20.1 Å². The number of carbonyl (C=O) groups is 1. The molecule has 10 nitrogen and oxygen atoms in total. The summed E-state index contributed by atoms with van der Waals surface area (Å²) in [6.07, 6.45) is 4.15. The van der Waals surface area contributed by atoms with Gasteiger partial charge in [0.05, 0.1) is 31.9 Å². The van der Waals surface area contributed by atoms with E-state index in [0.29, 0.717) is 51.3 Å². The summed E-state index contributed by atoms with van der Waals surface area (Å²) in [5, 5.41) is 8.44. The quantitative estimate of drug-likeness (QED) is 0.209. The summed E-state index contributed by atoms with van der Waals surface area (Å²) in [5.74, 6) is 1.67. The number of morpholine rings is 1. The molecule has 11 heteroatoms. The van der Waals surface area contributed by atoms with E-state index in [1.165, 1.54) is 11.3 Å². The fraction of sp³-hybridized carbons (Fsp3) is 0.259. The second-order valence-electron chi connectivity index (χ2n) is 8.46. The van der Waals surface area contributed by atoms with Crippen molar-refractivity contribution >= 4 is 44.8 Å². The summed E-state index contributed by atoms with van der Waals surface area (Å²) < 4.78 is 17.5. The Bertz CT molecular complexity index is 1420. The molecule has 4 aromatic rings. The SMILES string of the molecule is [C-]#[N+]c1cc2c(Oc3ccc(NC(=O)Nc4nccs4)cc3)ccnc2cc1OCCCN1CCOCC1. The summed E-state index contributed by atoms with van der Waals surface area (Å²) in [4.78, 5) is 26.6. The van der Waals surface area contributed by atoms with E-state index in [1.54, 1.807) is 60.2 Å². The molecule has 38 heavy (non-hydrogen) atoms. The molecular weight excluding hydrogens is 504 g/mol. The van der Waals surface area contributed by atoms with Crippen LogP contribution in [-0.2, 0) is 4.74 Å². The van der Waals surface area contributed by atoms with E-state index in [1.807, 2.05) is 0 Å². The summed E-state index contributed by atoms with van der Waals surface area (Å²) in [7, 11) is 0. The van der Waals surface area contributed by atoms with Gasteiger partial charge in [0.1, 0.15) is 17.2 Å². The zero-order chi connectivity index (χ0) is 26.2. The third-order valence-electron chi connectivity index (χ3n) is 5.88. The van der Waals surface area contributed by atoms with Crippen molar-refractivity contribution in [3.05, 3.63) is 71.7 Å². The van der Waals surface area contributed by atoms with Crippen molar-refractivity contribution in [2.75, 3.05) is 50.1 Å². The minimum absolute atomic E-state index is 0.375. The Labute approximate surface area is 224 Å². The lowest BCUT2D eigenvalue weighted by Crippen LogP contribution is -2.37. The van der Waals surface area contributed by atoms with Crippen LogP contribution in [0.1, 0.15) is 6.42 Å². The number of ether oxygens (including phenoxy) is 3. The van der Waals surface area contributed by atoms with Crippen molar-refractivity contribution in [3.63, 3.8) is 0 Å². The number of carbonyl (C=O) groups excluding carboxylic acids is 1. The van der Waals surface area contributed by atoms with Gasteiger partial charge < -0.3 is 19.5 Å². The van der Waals surface area contributed by atoms with E-state index in [0.717, 1.165) is 39.3 Å². The maximum absolute atomic E-state index is 12.1. The van der Waals surface area contributed by atoms with E-state index in [9.17, 15) is 4.79 Å². The molecule has 0 unspecified atom stereocenters. The lowest BCUT2D eigenvalue weighted by atomic mass is 10.1. The average molecular weight is 531 g/mol. The average Bonchev–Trinajstić information content (AvgIpc) is 3.45. The summed E-state index contributed by atoms with van der Waals surface area (Å²) in [6.45, 7) is 12.5. The number of pyridine rings is 1.